The van der Waals surface area contributed by atoms with Gasteiger partial charge in [-0.25, -0.2) is 0 Å². The molecule has 0 aromatic carbocycles. The number of ether oxygens (including phenoxy) is 2. The number of hydrogen-bond donors (Lipinski definition) is 0. The van der Waals surface area contributed by atoms with Crippen LogP contribution in [0.1, 0.15) is 67.2 Å². The van der Waals surface area contributed by atoms with E-state index in [1.165, 1.54) is 18.4 Å². The molecule has 0 aromatic rings. The Bertz CT molecular complexity index is 747. The largest absolute Gasteiger partial charge is 0.497 e. The summed E-state index contributed by atoms with van der Waals surface area (Å²) in [5.74, 6) is 2.82. The highest BCUT2D eigenvalue weighted by atomic mass is 16.5. The van der Waals surface area contributed by atoms with Crippen LogP contribution in [0.4, 0.5) is 0 Å². The van der Waals surface area contributed by atoms with E-state index in [9.17, 15) is 0 Å². The first-order valence-corrected chi connectivity index (χ1v) is 12.3. The third-order valence-electron chi connectivity index (χ3n) is 6.90. The van der Waals surface area contributed by atoms with E-state index < -0.39 is 0 Å². The molecule has 186 valence electrons. The first-order chi connectivity index (χ1) is 15.5. The molecular weight excluding hydrogens is 404 g/mol. The van der Waals surface area contributed by atoms with Crippen molar-refractivity contribution in [2.75, 3.05) is 20.8 Å². The Morgan fingerprint density at radius 3 is 2.09 bits per heavy atom. The van der Waals surface area contributed by atoms with Gasteiger partial charge in [0.2, 0.25) is 0 Å². The predicted molar refractivity (Wildman–Crippen MR) is 147 cm³/mol. The number of allylic oxidation sites excluding steroid dienone is 8. The maximum atomic E-state index is 5.33. The summed E-state index contributed by atoms with van der Waals surface area (Å²) < 4.78 is 10.4. The van der Waals surface area contributed by atoms with Crippen molar-refractivity contribution in [3.05, 3.63) is 84.2 Å². The Kier molecular flexibility index (Phi) is 15.5. The highest BCUT2D eigenvalue weighted by molar-refractivity contribution is 5.50. The van der Waals surface area contributed by atoms with Crippen LogP contribution < -0.4 is 0 Å². The zero-order chi connectivity index (χ0) is 25.6. The molecule has 0 aliphatic rings. The van der Waals surface area contributed by atoms with Gasteiger partial charge in [-0.15, -0.1) is 0 Å². The Hall–Kier alpha value is -2.06. The SMILES string of the molecule is C=C(/C=C\C(=C)C(=C)/C(C)=C\C(=C)C(C)CCC(C)C(C)/C=C(/CCOC)C(C)CC)OC. The topological polar surface area (TPSA) is 18.5 Å². The molecule has 0 aromatic heterocycles. The summed E-state index contributed by atoms with van der Waals surface area (Å²) in [4.78, 5) is 0. The van der Waals surface area contributed by atoms with Gasteiger partial charge in [-0.05, 0) is 79.1 Å². The van der Waals surface area contributed by atoms with Crippen molar-refractivity contribution in [2.24, 2.45) is 23.7 Å². The van der Waals surface area contributed by atoms with Gasteiger partial charge in [-0.2, -0.15) is 0 Å². The summed E-state index contributed by atoms with van der Waals surface area (Å²) >= 11 is 0. The van der Waals surface area contributed by atoms with E-state index in [1.54, 1.807) is 20.3 Å². The van der Waals surface area contributed by atoms with E-state index in [0.717, 1.165) is 41.7 Å². The Morgan fingerprint density at radius 2 is 1.55 bits per heavy atom. The molecule has 0 fully saturated rings. The molecule has 0 bridgehead atoms. The summed E-state index contributed by atoms with van der Waals surface area (Å²) in [6.07, 6.45) is 12.8. The zero-order valence-electron chi connectivity index (χ0n) is 22.8. The second kappa shape index (κ2) is 16.5. The van der Waals surface area contributed by atoms with Crippen molar-refractivity contribution in [1.82, 2.24) is 0 Å². The highest BCUT2D eigenvalue weighted by Gasteiger charge is 2.16. The molecule has 33 heavy (non-hydrogen) atoms. The van der Waals surface area contributed by atoms with Gasteiger partial charge < -0.3 is 9.47 Å². The van der Waals surface area contributed by atoms with Crippen LogP contribution in [0, 0.1) is 23.7 Å². The molecule has 0 spiro atoms. The van der Waals surface area contributed by atoms with Gasteiger partial charge in [0, 0.05) is 13.7 Å². The van der Waals surface area contributed by atoms with E-state index in [-0.39, 0.29) is 0 Å². The summed E-state index contributed by atoms with van der Waals surface area (Å²) in [5.41, 5.74) is 5.52. The fraction of sp³-hybridized carbons (Fsp3) is 0.548. The molecule has 0 aliphatic heterocycles. The molecule has 0 saturated heterocycles. The summed E-state index contributed by atoms with van der Waals surface area (Å²) in [6, 6.07) is 0. The lowest BCUT2D eigenvalue weighted by molar-refractivity contribution is 0.199. The Morgan fingerprint density at radius 1 is 0.909 bits per heavy atom. The first kappa shape index (κ1) is 30.9. The number of hydrogen-bond acceptors (Lipinski definition) is 2. The lowest BCUT2D eigenvalue weighted by Gasteiger charge is -2.23. The zero-order valence-corrected chi connectivity index (χ0v) is 22.8. The van der Waals surface area contributed by atoms with Gasteiger partial charge in [-0.3, -0.25) is 0 Å². The maximum Gasteiger partial charge on any atom is 0.111 e. The predicted octanol–water partition coefficient (Wildman–Crippen LogP) is 9.02. The van der Waals surface area contributed by atoms with Crippen molar-refractivity contribution >= 4 is 0 Å². The average molecular weight is 455 g/mol. The van der Waals surface area contributed by atoms with Crippen molar-refractivity contribution in [1.29, 1.82) is 0 Å². The molecule has 0 amide bonds. The third kappa shape index (κ3) is 12.1. The third-order valence-corrected chi connectivity index (χ3v) is 6.90. The molecule has 4 atom stereocenters. The summed E-state index contributed by atoms with van der Waals surface area (Å²) in [6.45, 7) is 30.9. The van der Waals surface area contributed by atoms with E-state index in [1.807, 2.05) is 6.08 Å². The summed E-state index contributed by atoms with van der Waals surface area (Å²) in [7, 11) is 3.38. The Balaban J connectivity index is 4.96. The number of methoxy groups -OCH3 is 2. The van der Waals surface area contributed by atoms with Gasteiger partial charge >= 0.3 is 0 Å². The van der Waals surface area contributed by atoms with Crippen LogP contribution in [0.2, 0.25) is 0 Å². The molecular formula is C31H50O2. The van der Waals surface area contributed by atoms with Crippen molar-refractivity contribution < 1.29 is 9.47 Å². The van der Waals surface area contributed by atoms with E-state index in [4.69, 9.17) is 9.47 Å². The molecule has 0 rings (SSSR count). The minimum atomic E-state index is 0.422. The molecule has 2 heteroatoms. The monoisotopic (exact) mass is 454 g/mol. The maximum absolute atomic E-state index is 5.33. The van der Waals surface area contributed by atoms with Gasteiger partial charge in [0.15, 0.2) is 0 Å². The van der Waals surface area contributed by atoms with Crippen LogP contribution in [0.25, 0.3) is 0 Å². The molecule has 0 aliphatic carbocycles. The van der Waals surface area contributed by atoms with Crippen LogP contribution in [0.15, 0.2) is 84.2 Å². The quantitative estimate of drug-likeness (QED) is 0.124. The lowest BCUT2D eigenvalue weighted by Crippen LogP contribution is -2.11. The molecule has 0 N–H and O–H groups in total. The second-order valence-corrected chi connectivity index (χ2v) is 9.52. The number of rotatable bonds is 17. The minimum Gasteiger partial charge on any atom is -0.497 e. The molecule has 0 heterocycles. The van der Waals surface area contributed by atoms with Crippen molar-refractivity contribution in [2.45, 2.75) is 67.2 Å². The van der Waals surface area contributed by atoms with Crippen molar-refractivity contribution in [3.8, 4) is 0 Å². The van der Waals surface area contributed by atoms with Gasteiger partial charge in [0.1, 0.15) is 5.76 Å². The fourth-order valence-corrected chi connectivity index (χ4v) is 3.56. The normalized spacial score (nSPS) is 16.2. The van der Waals surface area contributed by atoms with E-state index >= 15 is 0 Å². The molecule has 0 saturated carbocycles. The molecule has 0 radical (unpaired) electrons. The standard InChI is InChI=1S/C31H50O2/c1-13-22(2)31(18-19-32-11)21-27(7)24(4)15-14-23(3)26(6)20-28(8)30(10)25(5)16-17-29(9)33-12/h16-17,20-24,27H,5-6,9-10,13-15,18-19H2,1-4,7-8,11-12H3/b17-16-,28-20-,31-21-. The molecule has 4 unspecified atom stereocenters. The molecule has 2 nitrogen and oxygen atoms in total. The van der Waals surface area contributed by atoms with E-state index in [2.05, 4.69) is 80.0 Å². The second-order valence-electron chi connectivity index (χ2n) is 9.52. The van der Waals surface area contributed by atoms with Crippen LogP contribution in [-0.2, 0) is 9.47 Å². The minimum absolute atomic E-state index is 0.422. The average Bonchev–Trinajstić information content (AvgIpc) is 2.81. The van der Waals surface area contributed by atoms with Crippen LogP contribution >= 0.6 is 0 Å². The lowest BCUT2D eigenvalue weighted by atomic mass is 9.83. The smallest absolute Gasteiger partial charge is 0.111 e. The first-order valence-electron chi connectivity index (χ1n) is 12.3. The Labute approximate surface area is 205 Å². The van der Waals surface area contributed by atoms with Crippen LogP contribution in [0.5, 0.6) is 0 Å². The summed E-state index contributed by atoms with van der Waals surface area (Å²) in [5, 5.41) is 0. The van der Waals surface area contributed by atoms with Gasteiger partial charge in [0.25, 0.3) is 0 Å². The van der Waals surface area contributed by atoms with Crippen LogP contribution in [-0.4, -0.2) is 20.8 Å². The van der Waals surface area contributed by atoms with Gasteiger partial charge in [0.05, 0.1) is 7.11 Å². The fourth-order valence-electron chi connectivity index (χ4n) is 3.56. The van der Waals surface area contributed by atoms with E-state index in [0.29, 0.717) is 29.4 Å². The van der Waals surface area contributed by atoms with Crippen LogP contribution in [0.3, 0.4) is 0 Å². The van der Waals surface area contributed by atoms with Gasteiger partial charge in [-0.1, -0.05) is 90.3 Å². The van der Waals surface area contributed by atoms with Crippen molar-refractivity contribution in [3.63, 3.8) is 0 Å². The highest BCUT2D eigenvalue weighted by Crippen LogP contribution is 2.29.